The number of benzene rings is 1. The summed E-state index contributed by atoms with van der Waals surface area (Å²) in [5.41, 5.74) is 8.24. The minimum Gasteiger partial charge on any atom is -0.396 e. The highest BCUT2D eigenvalue weighted by Crippen LogP contribution is 2.65. The van der Waals surface area contributed by atoms with Crippen molar-refractivity contribution in [3.63, 3.8) is 0 Å². The van der Waals surface area contributed by atoms with E-state index in [0.29, 0.717) is 19.8 Å². The largest absolute Gasteiger partial charge is 0.396 e. The molecular formula is C13H17NO2. The molecule has 1 fully saturated rings. The molecule has 0 bridgehead atoms. The van der Waals surface area contributed by atoms with Crippen LogP contribution in [0.2, 0.25) is 0 Å². The van der Waals surface area contributed by atoms with Crippen LogP contribution in [0, 0.1) is 5.41 Å². The minimum absolute atomic E-state index is 0.0225. The van der Waals surface area contributed by atoms with E-state index in [0.717, 1.165) is 6.42 Å². The molecule has 1 spiro atoms. The molecule has 2 aliphatic rings. The molecule has 1 heterocycles. The molecular weight excluding hydrogens is 202 g/mol. The highest BCUT2D eigenvalue weighted by atomic mass is 16.5. The molecule has 3 N–H and O–H groups in total. The third kappa shape index (κ3) is 1.08. The molecule has 1 aromatic rings. The van der Waals surface area contributed by atoms with Crippen molar-refractivity contribution in [2.75, 3.05) is 19.8 Å². The summed E-state index contributed by atoms with van der Waals surface area (Å²) in [6, 6.07) is 8.35. The van der Waals surface area contributed by atoms with Gasteiger partial charge in [0.1, 0.15) is 0 Å². The first-order valence-electron chi connectivity index (χ1n) is 5.75. The fourth-order valence-corrected chi connectivity index (χ4v) is 3.18. The Bertz CT molecular complexity index is 414. The van der Waals surface area contributed by atoms with Gasteiger partial charge >= 0.3 is 0 Å². The Balaban J connectivity index is 2.07. The first-order chi connectivity index (χ1) is 7.78. The summed E-state index contributed by atoms with van der Waals surface area (Å²) >= 11 is 0. The van der Waals surface area contributed by atoms with Crippen molar-refractivity contribution in [3.8, 4) is 0 Å². The summed E-state index contributed by atoms with van der Waals surface area (Å²) in [6.45, 7) is 2.06. The van der Waals surface area contributed by atoms with Crippen LogP contribution >= 0.6 is 0 Å². The quantitative estimate of drug-likeness (QED) is 0.773. The third-order valence-electron chi connectivity index (χ3n) is 4.36. The molecule has 0 amide bonds. The predicted molar refractivity (Wildman–Crippen MR) is 61.0 cm³/mol. The lowest BCUT2D eigenvalue weighted by Gasteiger charge is -2.30. The average Bonchev–Trinajstić information content (AvgIpc) is 2.99. The highest BCUT2D eigenvalue weighted by molar-refractivity contribution is 5.45. The Morgan fingerprint density at radius 2 is 2.19 bits per heavy atom. The van der Waals surface area contributed by atoms with E-state index in [2.05, 4.69) is 18.2 Å². The van der Waals surface area contributed by atoms with E-state index < -0.39 is 0 Å². The first-order valence-corrected chi connectivity index (χ1v) is 5.75. The van der Waals surface area contributed by atoms with Gasteiger partial charge in [0.15, 0.2) is 0 Å². The van der Waals surface area contributed by atoms with Crippen molar-refractivity contribution < 1.29 is 9.84 Å². The lowest BCUT2D eigenvalue weighted by Crippen LogP contribution is -2.35. The number of hydrogen-bond acceptors (Lipinski definition) is 3. The molecule has 3 heteroatoms. The molecule has 0 aromatic heterocycles. The Morgan fingerprint density at radius 3 is 2.88 bits per heavy atom. The van der Waals surface area contributed by atoms with Crippen molar-refractivity contribution in [2.45, 2.75) is 18.4 Å². The summed E-state index contributed by atoms with van der Waals surface area (Å²) < 4.78 is 5.67. The van der Waals surface area contributed by atoms with Gasteiger partial charge in [-0.1, -0.05) is 24.3 Å². The number of ether oxygens (including phenoxy) is 1. The predicted octanol–water partition coefficient (Wildman–Crippen LogP) is 0.796. The summed E-state index contributed by atoms with van der Waals surface area (Å²) in [5.74, 6) is 0. The average molecular weight is 219 g/mol. The van der Waals surface area contributed by atoms with E-state index in [9.17, 15) is 5.11 Å². The smallest absolute Gasteiger partial charge is 0.0720 e. The van der Waals surface area contributed by atoms with Crippen LogP contribution in [0.4, 0.5) is 0 Å². The van der Waals surface area contributed by atoms with Gasteiger partial charge in [-0.25, -0.2) is 0 Å². The second-order valence-corrected chi connectivity index (χ2v) is 5.05. The van der Waals surface area contributed by atoms with Crippen LogP contribution < -0.4 is 5.73 Å². The van der Waals surface area contributed by atoms with Crippen LogP contribution in [-0.4, -0.2) is 24.9 Å². The summed E-state index contributed by atoms with van der Waals surface area (Å²) in [5, 5.41) is 9.56. The Hall–Kier alpha value is -0.900. The number of rotatable bonds is 2. The molecule has 3 rings (SSSR count). The molecule has 2 atom stereocenters. The van der Waals surface area contributed by atoms with Gasteiger partial charge in [-0.2, -0.15) is 0 Å². The van der Waals surface area contributed by atoms with Gasteiger partial charge in [0.05, 0.1) is 19.8 Å². The zero-order chi connectivity index (χ0) is 11.2. The van der Waals surface area contributed by atoms with Gasteiger partial charge in [-0.05, 0) is 17.5 Å². The molecule has 16 heavy (non-hydrogen) atoms. The van der Waals surface area contributed by atoms with Crippen LogP contribution in [0.15, 0.2) is 24.3 Å². The number of fused-ring (bicyclic) bond motifs is 2. The fraction of sp³-hybridized carbons (Fsp3) is 0.538. The van der Waals surface area contributed by atoms with E-state index in [1.807, 2.05) is 6.07 Å². The van der Waals surface area contributed by atoms with E-state index in [1.54, 1.807) is 0 Å². The SMILES string of the molecule is NCC1(CO)CC12COCc1ccccc12. The Morgan fingerprint density at radius 1 is 1.38 bits per heavy atom. The van der Waals surface area contributed by atoms with Crippen molar-refractivity contribution in [3.05, 3.63) is 35.4 Å². The summed E-state index contributed by atoms with van der Waals surface area (Å²) in [7, 11) is 0. The maximum absolute atomic E-state index is 9.56. The molecule has 1 saturated carbocycles. The maximum Gasteiger partial charge on any atom is 0.0720 e. The van der Waals surface area contributed by atoms with E-state index in [-0.39, 0.29) is 17.4 Å². The second kappa shape index (κ2) is 3.29. The molecule has 86 valence electrons. The lowest BCUT2D eigenvalue weighted by atomic mass is 9.83. The molecule has 3 nitrogen and oxygen atoms in total. The van der Waals surface area contributed by atoms with Crippen molar-refractivity contribution >= 4 is 0 Å². The monoisotopic (exact) mass is 219 g/mol. The summed E-state index contributed by atoms with van der Waals surface area (Å²) in [6.07, 6.45) is 0.948. The number of aliphatic hydroxyl groups is 1. The summed E-state index contributed by atoms with van der Waals surface area (Å²) in [4.78, 5) is 0. The number of hydrogen-bond donors (Lipinski definition) is 2. The highest BCUT2D eigenvalue weighted by Gasteiger charge is 2.68. The zero-order valence-electron chi connectivity index (χ0n) is 9.28. The van der Waals surface area contributed by atoms with Crippen molar-refractivity contribution in [2.24, 2.45) is 11.1 Å². The fourth-order valence-electron chi connectivity index (χ4n) is 3.18. The molecule has 0 saturated heterocycles. The van der Waals surface area contributed by atoms with Gasteiger partial charge in [-0.3, -0.25) is 0 Å². The van der Waals surface area contributed by atoms with Gasteiger partial charge in [-0.15, -0.1) is 0 Å². The van der Waals surface area contributed by atoms with Gasteiger partial charge in [0, 0.05) is 17.4 Å². The van der Waals surface area contributed by atoms with Crippen LogP contribution in [0.25, 0.3) is 0 Å². The second-order valence-electron chi connectivity index (χ2n) is 5.05. The van der Waals surface area contributed by atoms with Gasteiger partial charge in [0.2, 0.25) is 0 Å². The van der Waals surface area contributed by atoms with Gasteiger partial charge in [0.25, 0.3) is 0 Å². The van der Waals surface area contributed by atoms with Crippen molar-refractivity contribution in [1.29, 1.82) is 0 Å². The van der Waals surface area contributed by atoms with Crippen LogP contribution in [0.1, 0.15) is 17.5 Å². The molecule has 1 aromatic carbocycles. The van der Waals surface area contributed by atoms with Crippen LogP contribution in [0.5, 0.6) is 0 Å². The maximum atomic E-state index is 9.56. The molecule has 2 unspecified atom stereocenters. The third-order valence-corrected chi connectivity index (χ3v) is 4.36. The topological polar surface area (TPSA) is 55.5 Å². The lowest BCUT2D eigenvalue weighted by molar-refractivity contribution is 0.0612. The molecule has 0 radical (unpaired) electrons. The number of aliphatic hydroxyl groups excluding tert-OH is 1. The molecule has 1 aliphatic carbocycles. The standard InChI is InChI=1S/C13H17NO2/c14-7-12(8-15)6-13(12)9-16-5-10-3-1-2-4-11(10)13/h1-4,15H,5-9,14H2. The number of nitrogens with two attached hydrogens (primary N) is 1. The van der Waals surface area contributed by atoms with Gasteiger partial charge < -0.3 is 15.6 Å². The molecule has 1 aliphatic heterocycles. The van der Waals surface area contributed by atoms with Crippen LogP contribution in [0.3, 0.4) is 0 Å². The Kier molecular flexibility index (Phi) is 2.11. The van der Waals surface area contributed by atoms with Crippen LogP contribution in [-0.2, 0) is 16.8 Å². The Labute approximate surface area is 95.2 Å². The van der Waals surface area contributed by atoms with E-state index >= 15 is 0 Å². The zero-order valence-corrected chi connectivity index (χ0v) is 9.28. The van der Waals surface area contributed by atoms with E-state index in [1.165, 1.54) is 11.1 Å². The minimum atomic E-state index is -0.149. The normalized spacial score (nSPS) is 36.1. The van der Waals surface area contributed by atoms with E-state index in [4.69, 9.17) is 10.5 Å². The first kappa shape index (κ1) is 10.3. The van der Waals surface area contributed by atoms with Crippen molar-refractivity contribution in [1.82, 2.24) is 0 Å².